The van der Waals surface area contributed by atoms with Crippen LogP contribution in [0.1, 0.15) is 0 Å². The van der Waals surface area contributed by atoms with Crippen LogP contribution in [0, 0.1) is 0 Å². The quantitative estimate of drug-likeness (QED) is 0.554. The van der Waals surface area contributed by atoms with E-state index in [2.05, 4.69) is 15.2 Å². The lowest BCUT2D eigenvalue weighted by Gasteiger charge is -1.99. The Morgan fingerprint density at radius 1 is 1.15 bits per heavy atom. The van der Waals surface area contributed by atoms with Gasteiger partial charge in [0.05, 0.1) is 0 Å². The number of anilines is 2. The number of H-pyrrole nitrogens is 1. The van der Waals surface area contributed by atoms with Gasteiger partial charge in [0.25, 0.3) is 0 Å². The Hall–Kier alpha value is -2.04. The summed E-state index contributed by atoms with van der Waals surface area (Å²) in [6.45, 7) is 0. The first-order valence-electron chi connectivity index (χ1n) is 3.80. The number of aromatic nitrogens is 3. The van der Waals surface area contributed by atoms with E-state index < -0.39 is 0 Å². The average molecular weight is 175 g/mol. The molecule has 66 valence electrons. The second-order valence-corrected chi connectivity index (χ2v) is 2.63. The molecule has 5 N–H and O–H groups in total. The van der Waals surface area contributed by atoms with Gasteiger partial charge in [0.2, 0.25) is 5.95 Å². The Labute approximate surface area is 74.8 Å². The molecule has 1 aromatic heterocycles. The molecule has 0 saturated heterocycles. The van der Waals surface area contributed by atoms with Crippen molar-refractivity contribution in [3.05, 3.63) is 24.3 Å². The molecule has 0 aliphatic carbocycles. The van der Waals surface area contributed by atoms with Crippen molar-refractivity contribution >= 4 is 11.6 Å². The number of nitrogens with one attached hydrogen (secondary N) is 1. The van der Waals surface area contributed by atoms with Crippen LogP contribution in [-0.2, 0) is 0 Å². The smallest absolute Gasteiger partial charge is 0.239 e. The van der Waals surface area contributed by atoms with Crippen molar-refractivity contribution in [1.82, 2.24) is 15.2 Å². The third kappa shape index (κ3) is 1.31. The summed E-state index contributed by atoms with van der Waals surface area (Å²) in [7, 11) is 0. The normalized spacial score (nSPS) is 10.2. The van der Waals surface area contributed by atoms with E-state index in [4.69, 9.17) is 11.5 Å². The molecule has 5 heteroatoms. The van der Waals surface area contributed by atoms with Gasteiger partial charge in [0.1, 0.15) is 0 Å². The Kier molecular flexibility index (Phi) is 1.63. The molecule has 0 aliphatic rings. The number of nitrogens with zero attached hydrogens (tertiary/aromatic N) is 2. The summed E-state index contributed by atoms with van der Waals surface area (Å²) in [5, 5.41) is 6.42. The van der Waals surface area contributed by atoms with Crippen molar-refractivity contribution in [1.29, 1.82) is 0 Å². The standard InChI is InChI=1S/C8H9N5/c9-6-4-2-1-3-5(6)7-11-8(10)13-12-7/h1-4H,9H2,(H3,10,11,12,13). The first kappa shape index (κ1) is 7.60. The molecule has 0 aliphatic heterocycles. The molecule has 0 amide bonds. The van der Waals surface area contributed by atoms with Gasteiger partial charge in [-0.1, -0.05) is 12.1 Å². The highest BCUT2D eigenvalue weighted by Crippen LogP contribution is 2.21. The van der Waals surface area contributed by atoms with Crippen LogP contribution in [0.2, 0.25) is 0 Å². The first-order chi connectivity index (χ1) is 6.27. The SMILES string of the molecule is Nc1n[nH]c(-c2ccccc2N)n1. The molecule has 0 fully saturated rings. The lowest BCUT2D eigenvalue weighted by Crippen LogP contribution is -1.90. The second-order valence-electron chi connectivity index (χ2n) is 2.63. The van der Waals surface area contributed by atoms with Crippen LogP contribution >= 0.6 is 0 Å². The fourth-order valence-electron chi connectivity index (χ4n) is 1.11. The zero-order valence-corrected chi connectivity index (χ0v) is 6.86. The molecule has 0 radical (unpaired) electrons. The van der Waals surface area contributed by atoms with Crippen molar-refractivity contribution in [2.75, 3.05) is 11.5 Å². The third-order valence-corrected chi connectivity index (χ3v) is 1.72. The molecule has 5 nitrogen and oxygen atoms in total. The highest BCUT2D eigenvalue weighted by Gasteiger charge is 2.05. The molecule has 0 bridgehead atoms. The fourth-order valence-corrected chi connectivity index (χ4v) is 1.11. The predicted molar refractivity (Wildman–Crippen MR) is 50.6 cm³/mol. The van der Waals surface area contributed by atoms with E-state index in [0.717, 1.165) is 5.56 Å². The Bertz CT molecular complexity index is 420. The van der Waals surface area contributed by atoms with Crippen LogP contribution in [0.3, 0.4) is 0 Å². The minimum Gasteiger partial charge on any atom is -0.398 e. The van der Waals surface area contributed by atoms with E-state index >= 15 is 0 Å². The average Bonchev–Trinajstić information content (AvgIpc) is 2.53. The zero-order chi connectivity index (χ0) is 9.26. The molecule has 2 aromatic rings. The molecule has 0 saturated carbocycles. The molecule has 1 heterocycles. The maximum Gasteiger partial charge on any atom is 0.239 e. The van der Waals surface area contributed by atoms with E-state index in [0.29, 0.717) is 11.5 Å². The Morgan fingerprint density at radius 3 is 2.54 bits per heavy atom. The maximum atomic E-state index is 5.73. The summed E-state index contributed by atoms with van der Waals surface area (Å²) in [4.78, 5) is 3.97. The number of hydrogen-bond acceptors (Lipinski definition) is 4. The largest absolute Gasteiger partial charge is 0.398 e. The third-order valence-electron chi connectivity index (χ3n) is 1.72. The monoisotopic (exact) mass is 175 g/mol. The summed E-state index contributed by atoms with van der Waals surface area (Å²) in [5.41, 5.74) is 12.6. The van der Waals surface area contributed by atoms with Crippen molar-refractivity contribution < 1.29 is 0 Å². The summed E-state index contributed by atoms with van der Waals surface area (Å²) >= 11 is 0. The summed E-state index contributed by atoms with van der Waals surface area (Å²) in [5.74, 6) is 0.814. The summed E-state index contributed by atoms with van der Waals surface area (Å²) < 4.78 is 0. The van der Waals surface area contributed by atoms with Gasteiger partial charge in [-0.15, -0.1) is 5.10 Å². The van der Waals surface area contributed by atoms with Crippen molar-refractivity contribution in [3.63, 3.8) is 0 Å². The van der Waals surface area contributed by atoms with Gasteiger partial charge >= 0.3 is 0 Å². The second kappa shape index (κ2) is 2.78. The minimum atomic E-state index is 0.221. The molecule has 1 aromatic carbocycles. The lowest BCUT2D eigenvalue weighted by molar-refractivity contribution is 1.10. The van der Waals surface area contributed by atoms with Gasteiger partial charge in [-0.25, -0.2) is 0 Å². The van der Waals surface area contributed by atoms with Gasteiger partial charge in [-0.3, -0.25) is 5.10 Å². The van der Waals surface area contributed by atoms with E-state index in [1.807, 2.05) is 18.2 Å². The topological polar surface area (TPSA) is 93.6 Å². The highest BCUT2D eigenvalue weighted by atomic mass is 15.3. The number of rotatable bonds is 1. The Morgan fingerprint density at radius 2 is 1.92 bits per heavy atom. The Balaban J connectivity index is 2.52. The number of nitrogens with two attached hydrogens (primary N) is 2. The van der Waals surface area contributed by atoms with Crippen molar-refractivity contribution in [2.24, 2.45) is 0 Å². The molecule has 0 atom stereocenters. The highest BCUT2D eigenvalue weighted by molar-refractivity contribution is 5.71. The first-order valence-corrected chi connectivity index (χ1v) is 3.80. The van der Waals surface area contributed by atoms with E-state index in [1.165, 1.54) is 0 Å². The number of nitrogen functional groups attached to an aromatic ring is 2. The maximum absolute atomic E-state index is 5.73. The predicted octanol–water partition coefficient (Wildman–Crippen LogP) is 0.636. The van der Waals surface area contributed by atoms with Gasteiger partial charge in [-0.05, 0) is 12.1 Å². The van der Waals surface area contributed by atoms with Crippen molar-refractivity contribution in [3.8, 4) is 11.4 Å². The lowest BCUT2D eigenvalue weighted by atomic mass is 10.2. The van der Waals surface area contributed by atoms with E-state index in [1.54, 1.807) is 6.07 Å². The van der Waals surface area contributed by atoms with E-state index in [9.17, 15) is 0 Å². The van der Waals surface area contributed by atoms with Crippen LogP contribution < -0.4 is 11.5 Å². The van der Waals surface area contributed by atoms with Crippen LogP contribution in [0.4, 0.5) is 11.6 Å². The number of aromatic amines is 1. The summed E-state index contributed by atoms with van der Waals surface area (Å²) in [6, 6.07) is 7.40. The molecular formula is C8H9N5. The van der Waals surface area contributed by atoms with E-state index in [-0.39, 0.29) is 5.95 Å². The van der Waals surface area contributed by atoms with Crippen LogP contribution in [0.15, 0.2) is 24.3 Å². The van der Waals surface area contributed by atoms with Crippen LogP contribution in [0.25, 0.3) is 11.4 Å². The van der Waals surface area contributed by atoms with Gasteiger partial charge in [0, 0.05) is 11.3 Å². The molecular weight excluding hydrogens is 166 g/mol. The molecule has 13 heavy (non-hydrogen) atoms. The van der Waals surface area contributed by atoms with Gasteiger partial charge < -0.3 is 11.5 Å². The molecule has 0 unspecified atom stereocenters. The van der Waals surface area contributed by atoms with Gasteiger partial charge in [0.15, 0.2) is 5.82 Å². The number of hydrogen-bond donors (Lipinski definition) is 3. The zero-order valence-electron chi connectivity index (χ0n) is 6.86. The minimum absolute atomic E-state index is 0.221. The van der Waals surface area contributed by atoms with Gasteiger partial charge in [-0.2, -0.15) is 4.98 Å². The van der Waals surface area contributed by atoms with Crippen molar-refractivity contribution in [2.45, 2.75) is 0 Å². The fraction of sp³-hybridized carbons (Fsp3) is 0. The number of para-hydroxylation sites is 1. The molecule has 2 rings (SSSR count). The summed E-state index contributed by atoms with van der Waals surface area (Å²) in [6.07, 6.45) is 0. The van der Waals surface area contributed by atoms with Crippen LogP contribution in [-0.4, -0.2) is 15.2 Å². The molecule has 0 spiro atoms. The number of benzene rings is 1. The van der Waals surface area contributed by atoms with Crippen LogP contribution in [0.5, 0.6) is 0 Å².